The molecule has 1 aromatic rings. The molecule has 0 aliphatic rings. The zero-order chi connectivity index (χ0) is 12.8. The summed E-state index contributed by atoms with van der Waals surface area (Å²) in [5, 5.41) is 17.4. The molecule has 0 saturated carbocycles. The molecule has 1 aromatic heterocycles. The number of aromatic nitrogens is 3. The Balaban J connectivity index is 2.22. The van der Waals surface area contributed by atoms with Crippen LogP contribution in [0.15, 0.2) is 6.33 Å². The second kappa shape index (κ2) is 5.83. The largest absolute Gasteiger partial charge is 0.480 e. The number of carboxylic acids is 1. The van der Waals surface area contributed by atoms with E-state index in [1.54, 1.807) is 18.1 Å². The second-order valence-corrected chi connectivity index (χ2v) is 3.54. The summed E-state index contributed by atoms with van der Waals surface area (Å²) in [6.45, 7) is 1.74. The van der Waals surface area contributed by atoms with Gasteiger partial charge >= 0.3 is 12.0 Å². The topological polar surface area (TPSA) is 109 Å². The third-order valence-electron chi connectivity index (χ3n) is 2.00. The van der Waals surface area contributed by atoms with Crippen LogP contribution in [0.2, 0.25) is 0 Å². The highest BCUT2D eigenvalue weighted by Crippen LogP contribution is 1.88. The molecule has 8 heteroatoms. The number of carbonyl (C=O) groups is 2. The van der Waals surface area contributed by atoms with Gasteiger partial charge in [0.2, 0.25) is 0 Å². The summed E-state index contributed by atoms with van der Waals surface area (Å²) in [6.07, 6.45) is 2.07. The predicted molar refractivity (Wildman–Crippen MR) is 58.3 cm³/mol. The van der Waals surface area contributed by atoms with E-state index in [1.807, 2.05) is 0 Å². The average molecular weight is 241 g/mol. The van der Waals surface area contributed by atoms with Gasteiger partial charge in [-0.25, -0.2) is 9.78 Å². The maximum atomic E-state index is 11.2. The first-order valence-electron chi connectivity index (χ1n) is 5.10. The Morgan fingerprint density at radius 2 is 2.29 bits per heavy atom. The SMILES string of the molecule is C[C@@H](NC(=O)NCCc1ncn(C)n1)C(=O)O. The summed E-state index contributed by atoms with van der Waals surface area (Å²) in [4.78, 5) is 25.7. The Hall–Kier alpha value is -2.12. The second-order valence-electron chi connectivity index (χ2n) is 3.54. The highest BCUT2D eigenvalue weighted by atomic mass is 16.4. The van der Waals surface area contributed by atoms with Crippen LogP contribution in [0, 0.1) is 0 Å². The van der Waals surface area contributed by atoms with E-state index in [1.165, 1.54) is 6.92 Å². The van der Waals surface area contributed by atoms with E-state index in [9.17, 15) is 9.59 Å². The van der Waals surface area contributed by atoms with Crippen molar-refractivity contribution in [1.82, 2.24) is 25.4 Å². The molecule has 1 rings (SSSR count). The minimum Gasteiger partial charge on any atom is -0.480 e. The number of aryl methyl sites for hydroxylation is 1. The predicted octanol–water partition coefficient (Wildman–Crippen LogP) is -0.870. The van der Waals surface area contributed by atoms with E-state index in [0.717, 1.165) is 0 Å². The molecule has 0 aliphatic heterocycles. The number of nitrogens with zero attached hydrogens (tertiary/aromatic N) is 3. The fourth-order valence-corrected chi connectivity index (χ4v) is 1.10. The molecule has 0 unspecified atom stereocenters. The fourth-order valence-electron chi connectivity index (χ4n) is 1.10. The van der Waals surface area contributed by atoms with Crippen LogP contribution >= 0.6 is 0 Å². The molecular formula is C9H15N5O3. The molecule has 3 N–H and O–H groups in total. The van der Waals surface area contributed by atoms with Gasteiger partial charge in [0.15, 0.2) is 5.82 Å². The molecule has 0 aromatic carbocycles. The Labute approximate surface area is 98.0 Å². The van der Waals surface area contributed by atoms with Crippen LogP contribution in [-0.4, -0.2) is 44.5 Å². The van der Waals surface area contributed by atoms with Gasteiger partial charge in [0.25, 0.3) is 0 Å². The van der Waals surface area contributed by atoms with Gasteiger partial charge in [-0.2, -0.15) is 5.10 Å². The van der Waals surface area contributed by atoms with Gasteiger partial charge in [0, 0.05) is 20.0 Å². The van der Waals surface area contributed by atoms with Crippen molar-refractivity contribution in [2.45, 2.75) is 19.4 Å². The van der Waals surface area contributed by atoms with E-state index in [0.29, 0.717) is 18.8 Å². The van der Waals surface area contributed by atoms with Crippen LogP contribution in [0.4, 0.5) is 4.79 Å². The number of aliphatic carboxylic acids is 1. The summed E-state index contributed by atoms with van der Waals surface area (Å²) in [6, 6.07) is -1.43. The monoisotopic (exact) mass is 241 g/mol. The summed E-state index contributed by atoms with van der Waals surface area (Å²) in [7, 11) is 1.76. The van der Waals surface area contributed by atoms with Crippen molar-refractivity contribution in [2.75, 3.05) is 6.54 Å². The van der Waals surface area contributed by atoms with Crippen molar-refractivity contribution in [3.8, 4) is 0 Å². The highest BCUT2D eigenvalue weighted by molar-refractivity contribution is 5.82. The molecule has 0 radical (unpaired) electrons. The number of nitrogens with one attached hydrogen (secondary N) is 2. The quantitative estimate of drug-likeness (QED) is 0.621. The van der Waals surface area contributed by atoms with E-state index in [-0.39, 0.29) is 0 Å². The van der Waals surface area contributed by atoms with Crippen LogP contribution < -0.4 is 10.6 Å². The van der Waals surface area contributed by atoms with Crippen LogP contribution in [-0.2, 0) is 18.3 Å². The van der Waals surface area contributed by atoms with Gasteiger partial charge < -0.3 is 15.7 Å². The summed E-state index contributed by atoms with van der Waals surface area (Å²) < 4.78 is 1.57. The molecule has 8 nitrogen and oxygen atoms in total. The van der Waals surface area contributed by atoms with Gasteiger partial charge in [-0.1, -0.05) is 0 Å². The Morgan fingerprint density at radius 1 is 1.59 bits per heavy atom. The van der Waals surface area contributed by atoms with Gasteiger partial charge in [-0.05, 0) is 6.92 Å². The minimum absolute atomic E-state index is 0.349. The number of hydrogen-bond acceptors (Lipinski definition) is 4. The van der Waals surface area contributed by atoms with Crippen molar-refractivity contribution in [2.24, 2.45) is 7.05 Å². The molecule has 0 aliphatic carbocycles. The lowest BCUT2D eigenvalue weighted by Crippen LogP contribution is -2.44. The maximum absolute atomic E-state index is 11.2. The first-order chi connectivity index (χ1) is 7.99. The van der Waals surface area contributed by atoms with Crippen LogP contribution in [0.5, 0.6) is 0 Å². The first-order valence-corrected chi connectivity index (χ1v) is 5.10. The van der Waals surface area contributed by atoms with Crippen molar-refractivity contribution >= 4 is 12.0 Å². The van der Waals surface area contributed by atoms with E-state index >= 15 is 0 Å². The van der Waals surface area contributed by atoms with Crippen LogP contribution in [0.25, 0.3) is 0 Å². The molecule has 0 spiro atoms. The van der Waals surface area contributed by atoms with Crippen LogP contribution in [0.1, 0.15) is 12.7 Å². The van der Waals surface area contributed by atoms with Crippen molar-refractivity contribution in [1.29, 1.82) is 0 Å². The smallest absolute Gasteiger partial charge is 0.325 e. The molecule has 1 heterocycles. The van der Waals surface area contributed by atoms with Crippen LogP contribution in [0.3, 0.4) is 0 Å². The maximum Gasteiger partial charge on any atom is 0.325 e. The third kappa shape index (κ3) is 4.49. The molecule has 17 heavy (non-hydrogen) atoms. The van der Waals surface area contributed by atoms with E-state index in [4.69, 9.17) is 5.11 Å². The van der Waals surface area contributed by atoms with Crippen molar-refractivity contribution in [3.05, 3.63) is 12.2 Å². The Bertz CT molecular complexity index is 403. The molecular weight excluding hydrogens is 226 g/mol. The summed E-state index contributed by atoms with van der Waals surface area (Å²) in [5.41, 5.74) is 0. The first kappa shape index (κ1) is 12.9. The van der Waals surface area contributed by atoms with E-state index in [2.05, 4.69) is 20.7 Å². The van der Waals surface area contributed by atoms with Gasteiger partial charge in [-0.3, -0.25) is 9.48 Å². The van der Waals surface area contributed by atoms with Gasteiger partial charge in [-0.15, -0.1) is 0 Å². The zero-order valence-corrected chi connectivity index (χ0v) is 9.67. The fraction of sp³-hybridized carbons (Fsp3) is 0.556. The number of urea groups is 1. The molecule has 1 atom stereocenters. The summed E-state index contributed by atoms with van der Waals surface area (Å²) >= 11 is 0. The third-order valence-corrected chi connectivity index (χ3v) is 2.00. The molecule has 0 fully saturated rings. The number of carbonyl (C=O) groups excluding carboxylic acids is 1. The zero-order valence-electron chi connectivity index (χ0n) is 9.67. The van der Waals surface area contributed by atoms with E-state index < -0.39 is 18.0 Å². The van der Waals surface area contributed by atoms with Gasteiger partial charge in [0.1, 0.15) is 12.4 Å². The lowest BCUT2D eigenvalue weighted by atomic mass is 10.3. The minimum atomic E-state index is -1.08. The molecule has 2 amide bonds. The standard InChI is InChI=1S/C9H15N5O3/c1-6(8(15)16)12-9(17)10-4-3-7-11-5-14(2)13-7/h5-6H,3-4H2,1-2H3,(H,15,16)(H2,10,12,17)/t6-/m1/s1. The number of carboxylic acid groups (broad SMARTS) is 1. The normalized spacial score (nSPS) is 11.9. The molecule has 0 bridgehead atoms. The highest BCUT2D eigenvalue weighted by Gasteiger charge is 2.13. The number of hydrogen-bond donors (Lipinski definition) is 3. The summed E-state index contributed by atoms with van der Waals surface area (Å²) in [5.74, 6) is -0.453. The lowest BCUT2D eigenvalue weighted by molar-refractivity contribution is -0.138. The Kier molecular flexibility index (Phi) is 4.44. The van der Waals surface area contributed by atoms with Crippen molar-refractivity contribution < 1.29 is 14.7 Å². The number of amides is 2. The molecule has 94 valence electrons. The average Bonchev–Trinajstić information content (AvgIpc) is 2.64. The number of rotatable bonds is 5. The van der Waals surface area contributed by atoms with Gasteiger partial charge in [0.05, 0.1) is 0 Å². The van der Waals surface area contributed by atoms with Crippen molar-refractivity contribution in [3.63, 3.8) is 0 Å². The lowest BCUT2D eigenvalue weighted by Gasteiger charge is -2.09. The molecule has 0 saturated heterocycles. The Morgan fingerprint density at radius 3 is 2.82 bits per heavy atom.